The van der Waals surface area contributed by atoms with E-state index in [4.69, 9.17) is 0 Å². The molecule has 0 amide bonds. The third-order valence-corrected chi connectivity index (χ3v) is 4.48. The Balaban J connectivity index is 1.51. The summed E-state index contributed by atoms with van der Waals surface area (Å²) < 4.78 is 1.66. The lowest BCUT2D eigenvalue weighted by molar-refractivity contribution is -0.0723. The maximum absolute atomic E-state index is 10.1. The van der Waals surface area contributed by atoms with Crippen molar-refractivity contribution >= 4 is 0 Å². The Morgan fingerprint density at radius 1 is 1.35 bits per heavy atom. The molecule has 1 saturated carbocycles. The smallest absolute Gasteiger partial charge is 0.0934 e. The molecule has 20 heavy (non-hydrogen) atoms. The second-order valence-electron chi connectivity index (χ2n) is 6.17. The molecule has 2 fully saturated rings. The molecule has 7 nitrogen and oxygen atoms in total. The molecule has 3 atom stereocenters. The van der Waals surface area contributed by atoms with Gasteiger partial charge < -0.3 is 15.3 Å². The molecule has 1 unspecified atom stereocenters. The van der Waals surface area contributed by atoms with E-state index >= 15 is 0 Å². The zero-order valence-corrected chi connectivity index (χ0v) is 11.5. The fraction of sp³-hybridized carbons (Fsp3) is 0.846. The summed E-state index contributed by atoms with van der Waals surface area (Å²) in [5.41, 5.74) is -0.664. The third-order valence-electron chi connectivity index (χ3n) is 4.48. The van der Waals surface area contributed by atoms with E-state index in [1.54, 1.807) is 17.1 Å². The average Bonchev–Trinajstić information content (AvgIpc) is 2.96. The number of aliphatic hydroxyl groups excluding tert-OH is 2. The topological polar surface area (TPSA) is 94.6 Å². The van der Waals surface area contributed by atoms with Crippen LogP contribution in [0.25, 0.3) is 0 Å². The number of hydrogen-bond donors (Lipinski definition) is 3. The number of rotatable bonds is 5. The molecule has 3 rings (SSSR count). The molecule has 1 aliphatic carbocycles. The molecule has 2 heterocycles. The molecule has 0 bridgehead atoms. The van der Waals surface area contributed by atoms with E-state index < -0.39 is 17.8 Å². The highest BCUT2D eigenvalue weighted by Gasteiger charge is 2.38. The lowest BCUT2D eigenvalue weighted by Gasteiger charge is -2.38. The van der Waals surface area contributed by atoms with Gasteiger partial charge in [0.25, 0.3) is 0 Å². The molecule has 1 aliphatic heterocycles. The van der Waals surface area contributed by atoms with Crippen molar-refractivity contribution in [1.29, 1.82) is 0 Å². The minimum atomic E-state index is -0.664. The first kappa shape index (κ1) is 13.9. The lowest BCUT2D eigenvalue weighted by atomic mass is 9.76. The maximum Gasteiger partial charge on any atom is 0.0934 e. The van der Waals surface area contributed by atoms with Gasteiger partial charge in [0.2, 0.25) is 0 Å². The Hall–Kier alpha value is -1.02. The van der Waals surface area contributed by atoms with Crippen molar-refractivity contribution in [3.05, 3.63) is 12.4 Å². The van der Waals surface area contributed by atoms with Gasteiger partial charge in [-0.05, 0) is 19.3 Å². The van der Waals surface area contributed by atoms with Gasteiger partial charge in [-0.25, -0.2) is 4.68 Å². The zero-order valence-electron chi connectivity index (χ0n) is 11.5. The standard InChI is InChI=1S/C13H22N4O3/c18-10(6-13(20)2-1-3-13)7-16-8-11(12(19)9-16)17-5-4-14-15-17/h4-5,10-12,18-20H,1-3,6-9H2/t10?,11-,12-/m1/s1. The molecule has 1 saturated heterocycles. The van der Waals surface area contributed by atoms with Crippen LogP contribution < -0.4 is 0 Å². The molecule has 112 valence electrons. The molecular weight excluding hydrogens is 260 g/mol. The van der Waals surface area contributed by atoms with Crippen molar-refractivity contribution in [3.8, 4) is 0 Å². The highest BCUT2D eigenvalue weighted by Crippen LogP contribution is 2.35. The van der Waals surface area contributed by atoms with Crippen LogP contribution in [0.1, 0.15) is 31.7 Å². The van der Waals surface area contributed by atoms with Crippen molar-refractivity contribution in [3.63, 3.8) is 0 Å². The Morgan fingerprint density at radius 3 is 2.75 bits per heavy atom. The summed E-state index contributed by atoms with van der Waals surface area (Å²) in [5.74, 6) is 0. The van der Waals surface area contributed by atoms with Crippen LogP contribution in [0.4, 0.5) is 0 Å². The van der Waals surface area contributed by atoms with Crippen LogP contribution in [0.3, 0.4) is 0 Å². The molecule has 0 spiro atoms. The lowest BCUT2D eigenvalue weighted by Crippen LogP contribution is -2.43. The first-order valence-electron chi connectivity index (χ1n) is 7.22. The number of hydrogen-bond acceptors (Lipinski definition) is 6. The van der Waals surface area contributed by atoms with E-state index in [0.29, 0.717) is 26.1 Å². The van der Waals surface area contributed by atoms with Crippen molar-refractivity contribution < 1.29 is 15.3 Å². The zero-order chi connectivity index (χ0) is 14.2. The second-order valence-corrected chi connectivity index (χ2v) is 6.17. The summed E-state index contributed by atoms with van der Waals surface area (Å²) in [7, 11) is 0. The molecule has 2 aliphatic rings. The third kappa shape index (κ3) is 2.85. The van der Waals surface area contributed by atoms with Gasteiger partial charge in [-0.15, -0.1) is 5.10 Å². The van der Waals surface area contributed by atoms with E-state index in [9.17, 15) is 15.3 Å². The minimum absolute atomic E-state index is 0.114. The summed E-state index contributed by atoms with van der Waals surface area (Å²) in [6.45, 7) is 1.63. The highest BCUT2D eigenvalue weighted by atomic mass is 16.3. The molecule has 1 aromatic rings. The maximum atomic E-state index is 10.1. The Labute approximate surface area is 117 Å². The van der Waals surface area contributed by atoms with Crippen LogP contribution in [0.2, 0.25) is 0 Å². The summed E-state index contributed by atoms with van der Waals surface area (Å²) in [6.07, 6.45) is 5.31. The Morgan fingerprint density at radius 2 is 2.15 bits per heavy atom. The van der Waals surface area contributed by atoms with Crippen molar-refractivity contribution in [2.45, 2.75) is 49.5 Å². The van der Waals surface area contributed by atoms with Gasteiger partial charge in [0.15, 0.2) is 0 Å². The van der Waals surface area contributed by atoms with Gasteiger partial charge in [0.05, 0.1) is 30.0 Å². The van der Waals surface area contributed by atoms with E-state index in [0.717, 1.165) is 19.3 Å². The monoisotopic (exact) mass is 282 g/mol. The normalized spacial score (nSPS) is 31.1. The fourth-order valence-electron chi connectivity index (χ4n) is 3.24. The number of aliphatic hydroxyl groups is 3. The average molecular weight is 282 g/mol. The van der Waals surface area contributed by atoms with Gasteiger partial charge in [-0.2, -0.15) is 0 Å². The SMILES string of the molecule is OC(CN1C[C@@H](O)[C@H](n2ccnn2)C1)CC1(O)CCC1. The number of aromatic nitrogens is 3. The quantitative estimate of drug-likeness (QED) is 0.652. The number of β-amino-alcohol motifs (C(OH)–C–C–N with tert-alkyl or cyclic N) is 2. The van der Waals surface area contributed by atoms with Gasteiger partial charge in [0.1, 0.15) is 0 Å². The molecular formula is C13H22N4O3. The van der Waals surface area contributed by atoms with Gasteiger partial charge in [0, 0.05) is 32.3 Å². The minimum Gasteiger partial charge on any atom is -0.392 e. The first-order valence-corrected chi connectivity index (χ1v) is 7.22. The number of likely N-dealkylation sites (tertiary alicyclic amines) is 1. The Kier molecular flexibility index (Phi) is 3.76. The molecule has 3 N–H and O–H groups in total. The summed E-state index contributed by atoms with van der Waals surface area (Å²) in [5, 5.41) is 37.9. The van der Waals surface area contributed by atoms with E-state index in [1.165, 1.54) is 0 Å². The van der Waals surface area contributed by atoms with Crippen LogP contribution in [0, 0.1) is 0 Å². The van der Waals surface area contributed by atoms with Crippen molar-refractivity contribution in [2.24, 2.45) is 0 Å². The van der Waals surface area contributed by atoms with Crippen LogP contribution in [-0.4, -0.2) is 72.7 Å². The van der Waals surface area contributed by atoms with E-state index in [2.05, 4.69) is 10.3 Å². The first-order chi connectivity index (χ1) is 9.56. The largest absolute Gasteiger partial charge is 0.392 e. The molecule has 0 radical (unpaired) electrons. The van der Waals surface area contributed by atoms with Crippen molar-refractivity contribution in [2.75, 3.05) is 19.6 Å². The molecule has 1 aromatic heterocycles. The Bertz CT molecular complexity index is 435. The molecule has 7 heteroatoms. The van der Waals surface area contributed by atoms with Crippen LogP contribution >= 0.6 is 0 Å². The predicted octanol–water partition coefficient (Wildman–Crippen LogP) is -0.838. The van der Waals surface area contributed by atoms with Gasteiger partial charge in [-0.3, -0.25) is 4.90 Å². The summed E-state index contributed by atoms with van der Waals surface area (Å²) in [6, 6.07) is -0.114. The summed E-state index contributed by atoms with van der Waals surface area (Å²) in [4.78, 5) is 2.02. The van der Waals surface area contributed by atoms with Crippen LogP contribution in [0.5, 0.6) is 0 Å². The fourth-order valence-corrected chi connectivity index (χ4v) is 3.24. The van der Waals surface area contributed by atoms with Gasteiger partial charge >= 0.3 is 0 Å². The summed E-state index contributed by atoms with van der Waals surface area (Å²) >= 11 is 0. The number of nitrogens with zero attached hydrogens (tertiary/aromatic N) is 4. The van der Waals surface area contributed by atoms with E-state index in [1.807, 2.05) is 4.90 Å². The predicted molar refractivity (Wildman–Crippen MR) is 70.9 cm³/mol. The van der Waals surface area contributed by atoms with Crippen LogP contribution in [0.15, 0.2) is 12.4 Å². The van der Waals surface area contributed by atoms with Crippen molar-refractivity contribution in [1.82, 2.24) is 19.9 Å². The van der Waals surface area contributed by atoms with Crippen LogP contribution in [-0.2, 0) is 0 Å². The van der Waals surface area contributed by atoms with E-state index in [-0.39, 0.29) is 6.04 Å². The second kappa shape index (κ2) is 5.40. The van der Waals surface area contributed by atoms with Gasteiger partial charge in [-0.1, -0.05) is 5.21 Å². The highest BCUT2D eigenvalue weighted by molar-refractivity contribution is 4.93. The molecule has 0 aromatic carbocycles.